The van der Waals surface area contributed by atoms with Crippen molar-refractivity contribution in [3.8, 4) is 0 Å². The number of hydrogen-bond acceptors (Lipinski definition) is 4. The maximum Gasteiger partial charge on any atom is 0.253 e. The van der Waals surface area contributed by atoms with Crippen molar-refractivity contribution in [3.05, 3.63) is 47.1 Å². The smallest absolute Gasteiger partial charge is 0.253 e. The molecule has 0 radical (unpaired) electrons. The first kappa shape index (κ1) is 15.8. The van der Waals surface area contributed by atoms with E-state index in [1.165, 1.54) is 0 Å². The third-order valence-corrected chi connectivity index (χ3v) is 3.95. The Labute approximate surface area is 140 Å². The van der Waals surface area contributed by atoms with Gasteiger partial charge in [0.15, 0.2) is 0 Å². The van der Waals surface area contributed by atoms with Crippen molar-refractivity contribution < 1.29 is 9.53 Å². The number of amides is 1. The molecule has 0 aliphatic carbocycles. The lowest BCUT2D eigenvalue weighted by molar-refractivity contribution is -0.124. The molecule has 6 heteroatoms. The summed E-state index contributed by atoms with van der Waals surface area (Å²) >= 11 is 6.01. The normalized spacial score (nSPS) is 17.0. The Balaban J connectivity index is 1.64. The minimum atomic E-state index is -0.345. The summed E-state index contributed by atoms with van der Waals surface area (Å²) in [5.41, 5.74) is 2.63. The summed E-state index contributed by atoms with van der Waals surface area (Å²) in [6, 6.07) is 9.26. The van der Waals surface area contributed by atoms with Crippen molar-refractivity contribution in [1.82, 2.24) is 4.98 Å². The Hall–Kier alpha value is -2.11. The Morgan fingerprint density at radius 2 is 2.22 bits per heavy atom. The van der Waals surface area contributed by atoms with Crippen molar-refractivity contribution in [3.63, 3.8) is 0 Å². The van der Waals surface area contributed by atoms with Gasteiger partial charge in [-0.3, -0.25) is 4.79 Å². The minimum absolute atomic E-state index is 0.115. The Morgan fingerprint density at radius 3 is 2.91 bits per heavy atom. The molecule has 1 fully saturated rings. The number of halogens is 1. The molecule has 0 spiro atoms. The number of rotatable bonds is 4. The van der Waals surface area contributed by atoms with Gasteiger partial charge in [-0.2, -0.15) is 0 Å². The highest BCUT2D eigenvalue weighted by Gasteiger charge is 2.23. The number of aryl methyl sites for hydroxylation is 1. The van der Waals surface area contributed by atoms with Crippen LogP contribution in [0, 0.1) is 6.92 Å². The lowest BCUT2D eigenvalue weighted by atomic mass is 10.2. The number of anilines is 3. The predicted octanol–water partition coefficient (Wildman–Crippen LogP) is 3.90. The number of carbonyl (C=O) groups is 1. The number of hydrogen-bond donors (Lipinski definition) is 2. The largest absolute Gasteiger partial charge is 0.368 e. The van der Waals surface area contributed by atoms with Crippen LogP contribution in [-0.2, 0) is 9.53 Å². The summed E-state index contributed by atoms with van der Waals surface area (Å²) in [7, 11) is 0. The molecule has 0 saturated carbocycles. The van der Waals surface area contributed by atoms with E-state index in [4.69, 9.17) is 16.3 Å². The molecule has 1 saturated heterocycles. The average molecular weight is 332 g/mol. The quantitative estimate of drug-likeness (QED) is 0.891. The van der Waals surface area contributed by atoms with Crippen LogP contribution in [0.25, 0.3) is 0 Å². The molecule has 2 N–H and O–H groups in total. The van der Waals surface area contributed by atoms with Crippen LogP contribution >= 0.6 is 11.6 Å². The zero-order valence-electron chi connectivity index (χ0n) is 12.8. The topological polar surface area (TPSA) is 63.2 Å². The van der Waals surface area contributed by atoms with E-state index in [1.807, 2.05) is 37.3 Å². The molecule has 1 aliphatic rings. The lowest BCUT2D eigenvalue weighted by Gasteiger charge is -2.12. The molecular weight excluding hydrogens is 314 g/mol. The van der Waals surface area contributed by atoms with Crippen LogP contribution in [0.2, 0.25) is 5.02 Å². The highest BCUT2D eigenvalue weighted by molar-refractivity contribution is 6.30. The Bertz CT molecular complexity index is 697. The van der Waals surface area contributed by atoms with E-state index in [1.54, 1.807) is 6.20 Å². The van der Waals surface area contributed by atoms with Gasteiger partial charge < -0.3 is 15.4 Å². The molecule has 1 atom stereocenters. The van der Waals surface area contributed by atoms with Crippen LogP contribution in [0.3, 0.4) is 0 Å². The molecule has 120 valence electrons. The summed E-state index contributed by atoms with van der Waals surface area (Å²) < 4.78 is 5.36. The van der Waals surface area contributed by atoms with E-state index >= 15 is 0 Å². The van der Waals surface area contributed by atoms with Gasteiger partial charge in [0, 0.05) is 17.3 Å². The van der Waals surface area contributed by atoms with Crippen molar-refractivity contribution in [2.24, 2.45) is 0 Å². The van der Waals surface area contributed by atoms with E-state index < -0.39 is 0 Å². The van der Waals surface area contributed by atoms with E-state index in [0.717, 1.165) is 24.1 Å². The molecular formula is C17H18ClN3O2. The van der Waals surface area contributed by atoms with Gasteiger partial charge in [0.05, 0.1) is 11.9 Å². The molecule has 23 heavy (non-hydrogen) atoms. The minimum Gasteiger partial charge on any atom is -0.368 e. The number of benzene rings is 1. The average Bonchev–Trinajstić information content (AvgIpc) is 3.07. The molecule has 2 aromatic rings. The SMILES string of the molecule is Cc1ccc(Cl)cc1Nc1ccc(NC(=O)C2CCCO2)cn1. The van der Waals surface area contributed by atoms with Crippen LogP contribution in [0.5, 0.6) is 0 Å². The first-order valence-electron chi connectivity index (χ1n) is 7.53. The summed E-state index contributed by atoms with van der Waals surface area (Å²) in [6.45, 7) is 2.65. The second-order valence-corrected chi connectivity index (χ2v) is 5.94. The van der Waals surface area contributed by atoms with Crippen LogP contribution in [-0.4, -0.2) is 23.6 Å². The first-order chi connectivity index (χ1) is 11.1. The summed E-state index contributed by atoms with van der Waals surface area (Å²) in [5, 5.41) is 6.70. The zero-order valence-corrected chi connectivity index (χ0v) is 13.6. The summed E-state index contributed by atoms with van der Waals surface area (Å²) in [5.74, 6) is 0.571. The van der Waals surface area contributed by atoms with Crippen LogP contribution in [0.15, 0.2) is 36.5 Å². The number of nitrogens with zero attached hydrogens (tertiary/aromatic N) is 1. The zero-order chi connectivity index (χ0) is 16.2. The van der Waals surface area contributed by atoms with Gasteiger partial charge in [0.1, 0.15) is 11.9 Å². The predicted molar refractivity (Wildman–Crippen MR) is 91.3 cm³/mol. The van der Waals surface area contributed by atoms with Gasteiger partial charge >= 0.3 is 0 Å². The van der Waals surface area contributed by atoms with E-state index in [9.17, 15) is 4.79 Å². The van der Waals surface area contributed by atoms with Crippen molar-refractivity contribution in [2.75, 3.05) is 17.2 Å². The van der Waals surface area contributed by atoms with E-state index in [-0.39, 0.29) is 12.0 Å². The molecule has 5 nitrogen and oxygen atoms in total. The number of nitrogens with one attached hydrogen (secondary N) is 2. The number of ether oxygens (including phenoxy) is 1. The van der Waals surface area contributed by atoms with Crippen LogP contribution in [0.1, 0.15) is 18.4 Å². The molecule has 3 rings (SSSR count). The van der Waals surface area contributed by atoms with Gasteiger partial charge in [-0.15, -0.1) is 0 Å². The maximum absolute atomic E-state index is 12.0. The fraction of sp³-hybridized carbons (Fsp3) is 0.294. The first-order valence-corrected chi connectivity index (χ1v) is 7.91. The Morgan fingerprint density at radius 1 is 1.35 bits per heavy atom. The third kappa shape index (κ3) is 4.00. The van der Waals surface area contributed by atoms with Gasteiger partial charge in [0.2, 0.25) is 0 Å². The molecule has 1 unspecified atom stereocenters. The van der Waals surface area contributed by atoms with Crippen molar-refractivity contribution in [2.45, 2.75) is 25.9 Å². The lowest BCUT2D eigenvalue weighted by Crippen LogP contribution is -2.26. The monoisotopic (exact) mass is 331 g/mol. The second-order valence-electron chi connectivity index (χ2n) is 5.51. The second kappa shape index (κ2) is 6.98. The molecule has 2 heterocycles. The standard InChI is InChI=1S/C17H18ClN3O2/c1-11-4-5-12(18)9-14(11)21-16-7-6-13(10-19-16)20-17(22)15-3-2-8-23-15/h4-7,9-10,15H,2-3,8H2,1H3,(H,19,21)(H,20,22). The molecule has 1 aliphatic heterocycles. The molecule has 1 aromatic heterocycles. The highest BCUT2D eigenvalue weighted by atomic mass is 35.5. The van der Waals surface area contributed by atoms with Gasteiger partial charge in [0.25, 0.3) is 5.91 Å². The van der Waals surface area contributed by atoms with Gasteiger partial charge in [-0.1, -0.05) is 17.7 Å². The van der Waals surface area contributed by atoms with Crippen molar-refractivity contribution >= 4 is 34.7 Å². The number of carbonyl (C=O) groups excluding carboxylic acids is 1. The van der Waals surface area contributed by atoms with E-state index in [2.05, 4.69) is 15.6 Å². The van der Waals surface area contributed by atoms with Gasteiger partial charge in [-0.05, 0) is 49.6 Å². The number of pyridine rings is 1. The van der Waals surface area contributed by atoms with Gasteiger partial charge in [-0.25, -0.2) is 4.98 Å². The third-order valence-electron chi connectivity index (χ3n) is 3.72. The molecule has 1 amide bonds. The number of aromatic nitrogens is 1. The van der Waals surface area contributed by atoms with Crippen molar-refractivity contribution in [1.29, 1.82) is 0 Å². The maximum atomic E-state index is 12.0. The highest BCUT2D eigenvalue weighted by Crippen LogP contribution is 2.24. The molecule has 1 aromatic carbocycles. The summed E-state index contributed by atoms with van der Waals surface area (Å²) in [4.78, 5) is 16.3. The fourth-order valence-corrected chi connectivity index (χ4v) is 2.59. The fourth-order valence-electron chi connectivity index (χ4n) is 2.42. The Kier molecular flexibility index (Phi) is 4.79. The van der Waals surface area contributed by atoms with E-state index in [0.29, 0.717) is 23.1 Å². The van der Waals surface area contributed by atoms with Crippen LogP contribution < -0.4 is 10.6 Å². The van der Waals surface area contributed by atoms with Crippen LogP contribution in [0.4, 0.5) is 17.2 Å². The summed E-state index contributed by atoms with van der Waals surface area (Å²) in [6.07, 6.45) is 2.97. The molecule has 0 bridgehead atoms.